The first-order chi connectivity index (χ1) is 14.7. The van der Waals surface area contributed by atoms with Gasteiger partial charge in [-0.15, -0.1) is 0 Å². The summed E-state index contributed by atoms with van der Waals surface area (Å²) in [4.78, 5) is 27.7. The molecule has 154 valence electrons. The zero-order valence-electron chi connectivity index (χ0n) is 16.4. The van der Waals surface area contributed by atoms with Crippen LogP contribution in [0.3, 0.4) is 0 Å². The van der Waals surface area contributed by atoms with Crippen LogP contribution >= 0.6 is 11.6 Å². The van der Waals surface area contributed by atoms with Gasteiger partial charge in [0, 0.05) is 31.4 Å². The van der Waals surface area contributed by atoms with Gasteiger partial charge in [-0.25, -0.2) is 15.0 Å². The number of benzene rings is 1. The van der Waals surface area contributed by atoms with Gasteiger partial charge < -0.3 is 15.0 Å². The van der Waals surface area contributed by atoms with Crippen LogP contribution in [0.5, 0.6) is 5.88 Å². The number of hydrogen-bond acceptors (Lipinski definition) is 6. The lowest BCUT2D eigenvalue weighted by Crippen LogP contribution is -2.27. The highest BCUT2D eigenvalue weighted by molar-refractivity contribution is 6.33. The average molecular weight is 424 g/mol. The Kier molecular flexibility index (Phi) is 6.39. The summed E-state index contributed by atoms with van der Waals surface area (Å²) in [7, 11) is 0. The zero-order valence-corrected chi connectivity index (χ0v) is 17.2. The number of pyridine rings is 1. The molecule has 0 atom stereocenters. The smallest absolute Gasteiger partial charge is 0.271 e. The van der Waals surface area contributed by atoms with Crippen molar-refractivity contribution in [3.8, 4) is 5.88 Å². The fourth-order valence-electron chi connectivity index (χ4n) is 3.26. The highest BCUT2D eigenvalue weighted by Gasteiger charge is 2.20. The molecule has 0 saturated carbocycles. The third-order valence-electron chi connectivity index (χ3n) is 4.84. The average Bonchev–Trinajstić information content (AvgIpc) is 3.32. The van der Waals surface area contributed by atoms with Crippen LogP contribution < -0.4 is 15.0 Å². The largest absolute Gasteiger partial charge is 0.473 e. The molecule has 0 spiro atoms. The van der Waals surface area contributed by atoms with E-state index in [1.807, 2.05) is 36.4 Å². The van der Waals surface area contributed by atoms with Gasteiger partial charge in [-0.3, -0.25) is 4.79 Å². The minimum atomic E-state index is -0.360. The molecule has 3 heterocycles. The number of ether oxygens (including phenoxy) is 1. The first-order valence-corrected chi connectivity index (χ1v) is 10.2. The molecule has 1 saturated heterocycles. The van der Waals surface area contributed by atoms with Gasteiger partial charge in [0.25, 0.3) is 5.91 Å². The number of nitrogens with zero attached hydrogens (tertiary/aromatic N) is 4. The zero-order chi connectivity index (χ0) is 20.8. The van der Waals surface area contributed by atoms with Crippen molar-refractivity contribution in [1.29, 1.82) is 0 Å². The van der Waals surface area contributed by atoms with Crippen LogP contribution in [0.1, 0.15) is 34.5 Å². The van der Waals surface area contributed by atoms with Crippen molar-refractivity contribution >= 4 is 23.5 Å². The lowest BCUT2D eigenvalue weighted by Gasteiger charge is -2.16. The monoisotopic (exact) mass is 423 g/mol. The van der Waals surface area contributed by atoms with E-state index in [-0.39, 0.29) is 23.2 Å². The SMILES string of the molecule is O=C(NCc1cccnc1OCc1ccccc1)c1nc(N2CCCC2)ncc1Cl. The highest BCUT2D eigenvalue weighted by atomic mass is 35.5. The number of anilines is 1. The van der Waals surface area contributed by atoms with Gasteiger partial charge in [-0.1, -0.05) is 48.0 Å². The van der Waals surface area contributed by atoms with Gasteiger partial charge in [0.2, 0.25) is 11.8 Å². The van der Waals surface area contributed by atoms with E-state index in [2.05, 4.69) is 25.2 Å². The normalized spacial score (nSPS) is 13.3. The van der Waals surface area contributed by atoms with Crippen LogP contribution in [0.2, 0.25) is 5.02 Å². The van der Waals surface area contributed by atoms with E-state index in [0.717, 1.165) is 37.1 Å². The molecule has 0 bridgehead atoms. The minimum Gasteiger partial charge on any atom is -0.473 e. The predicted molar refractivity (Wildman–Crippen MR) is 115 cm³/mol. The molecule has 8 heteroatoms. The van der Waals surface area contributed by atoms with Crippen molar-refractivity contribution < 1.29 is 9.53 Å². The van der Waals surface area contributed by atoms with Gasteiger partial charge >= 0.3 is 0 Å². The second-order valence-corrected chi connectivity index (χ2v) is 7.39. The molecule has 1 amide bonds. The summed E-state index contributed by atoms with van der Waals surface area (Å²) in [5.41, 5.74) is 1.98. The molecule has 30 heavy (non-hydrogen) atoms. The van der Waals surface area contributed by atoms with Crippen molar-refractivity contribution in [2.45, 2.75) is 26.0 Å². The Bertz CT molecular complexity index is 1010. The summed E-state index contributed by atoms with van der Waals surface area (Å²) in [5.74, 6) is 0.657. The van der Waals surface area contributed by atoms with Crippen molar-refractivity contribution in [2.24, 2.45) is 0 Å². The molecule has 1 aliphatic heterocycles. The summed E-state index contributed by atoms with van der Waals surface area (Å²) in [6.45, 7) is 2.42. The number of nitrogens with one attached hydrogen (secondary N) is 1. The number of carbonyl (C=O) groups excluding carboxylic acids is 1. The highest BCUT2D eigenvalue weighted by Crippen LogP contribution is 2.21. The Labute approximate surface area is 180 Å². The Morgan fingerprint density at radius 1 is 1.10 bits per heavy atom. The first-order valence-electron chi connectivity index (χ1n) is 9.87. The minimum absolute atomic E-state index is 0.171. The lowest BCUT2D eigenvalue weighted by molar-refractivity contribution is 0.0945. The second-order valence-electron chi connectivity index (χ2n) is 6.99. The van der Waals surface area contributed by atoms with Crippen LogP contribution in [-0.2, 0) is 13.2 Å². The molecule has 0 radical (unpaired) electrons. The Morgan fingerprint density at radius 3 is 2.70 bits per heavy atom. The predicted octanol–water partition coefficient (Wildman–Crippen LogP) is 3.63. The summed E-state index contributed by atoms with van der Waals surface area (Å²) in [6.07, 6.45) is 5.34. The maximum absolute atomic E-state index is 12.7. The van der Waals surface area contributed by atoms with Gasteiger partial charge in [-0.05, 0) is 24.5 Å². The summed E-state index contributed by atoms with van der Waals surface area (Å²) < 4.78 is 5.85. The van der Waals surface area contributed by atoms with Gasteiger partial charge in [-0.2, -0.15) is 0 Å². The fraction of sp³-hybridized carbons (Fsp3) is 0.273. The molecule has 2 aromatic heterocycles. The first kappa shape index (κ1) is 20.1. The number of amides is 1. The van der Waals surface area contributed by atoms with Crippen molar-refractivity contribution in [1.82, 2.24) is 20.3 Å². The number of aromatic nitrogens is 3. The van der Waals surface area contributed by atoms with E-state index in [9.17, 15) is 4.79 Å². The van der Waals surface area contributed by atoms with Crippen LogP contribution in [0.4, 0.5) is 5.95 Å². The maximum atomic E-state index is 12.7. The van der Waals surface area contributed by atoms with Crippen molar-refractivity contribution in [3.05, 3.63) is 76.7 Å². The molecule has 1 aromatic carbocycles. The van der Waals surface area contributed by atoms with Crippen molar-refractivity contribution in [2.75, 3.05) is 18.0 Å². The number of halogens is 1. The van der Waals surface area contributed by atoms with Gasteiger partial charge in [0.05, 0.1) is 11.2 Å². The molecule has 1 aliphatic rings. The molecule has 0 aliphatic carbocycles. The molecule has 1 N–H and O–H groups in total. The molecular weight excluding hydrogens is 402 g/mol. The molecule has 1 fully saturated rings. The topological polar surface area (TPSA) is 80.2 Å². The number of hydrogen-bond donors (Lipinski definition) is 1. The molecule has 4 rings (SSSR count). The fourth-order valence-corrected chi connectivity index (χ4v) is 3.44. The van der Waals surface area contributed by atoms with Crippen molar-refractivity contribution in [3.63, 3.8) is 0 Å². The Hall–Kier alpha value is -3.19. The van der Waals surface area contributed by atoms with Crippen LogP contribution in [-0.4, -0.2) is 33.9 Å². The van der Waals surface area contributed by atoms with Crippen LogP contribution in [0, 0.1) is 0 Å². The maximum Gasteiger partial charge on any atom is 0.271 e. The quantitative estimate of drug-likeness (QED) is 0.625. The van der Waals surface area contributed by atoms with E-state index in [1.165, 1.54) is 6.20 Å². The Balaban J connectivity index is 1.42. The third kappa shape index (κ3) is 4.86. The number of rotatable bonds is 7. The molecule has 7 nitrogen and oxygen atoms in total. The molecule has 0 unspecified atom stereocenters. The van der Waals surface area contributed by atoms with Crippen LogP contribution in [0.25, 0.3) is 0 Å². The van der Waals surface area contributed by atoms with Crippen LogP contribution in [0.15, 0.2) is 54.9 Å². The van der Waals surface area contributed by atoms with E-state index < -0.39 is 0 Å². The second kappa shape index (κ2) is 9.54. The number of carbonyl (C=O) groups is 1. The standard InChI is InChI=1S/C22H22ClN5O2/c23-18-14-26-22(28-11-4-5-12-28)27-19(18)20(29)25-13-17-9-6-10-24-21(17)30-15-16-7-2-1-3-8-16/h1-3,6-10,14H,4-5,11-13,15H2,(H,25,29). The summed E-state index contributed by atoms with van der Waals surface area (Å²) in [6, 6.07) is 13.5. The molecular formula is C22H22ClN5O2. The van der Waals surface area contributed by atoms with Gasteiger partial charge in [0.1, 0.15) is 6.61 Å². The van der Waals surface area contributed by atoms with E-state index in [1.54, 1.807) is 12.3 Å². The third-order valence-corrected chi connectivity index (χ3v) is 5.12. The van der Waals surface area contributed by atoms with E-state index in [4.69, 9.17) is 16.3 Å². The summed E-state index contributed by atoms with van der Waals surface area (Å²) >= 11 is 6.19. The van der Waals surface area contributed by atoms with Gasteiger partial charge in [0.15, 0.2) is 5.69 Å². The van der Waals surface area contributed by atoms with E-state index in [0.29, 0.717) is 18.4 Å². The Morgan fingerprint density at radius 2 is 1.90 bits per heavy atom. The lowest BCUT2D eigenvalue weighted by atomic mass is 10.2. The van der Waals surface area contributed by atoms with E-state index >= 15 is 0 Å². The molecule has 3 aromatic rings. The summed E-state index contributed by atoms with van der Waals surface area (Å²) in [5, 5.41) is 3.08.